The third-order valence-electron chi connectivity index (χ3n) is 1.80. The Balaban J connectivity index is 2.74. The van der Waals surface area contributed by atoms with Gasteiger partial charge in [0, 0.05) is 0 Å². The van der Waals surface area contributed by atoms with E-state index in [1.165, 1.54) is 0 Å². The van der Waals surface area contributed by atoms with Gasteiger partial charge in [0.05, 0.1) is 0 Å². The first-order valence-corrected chi connectivity index (χ1v) is 3.36. The molecule has 1 aliphatic carbocycles. The average molecular weight is 192 g/mol. The summed E-state index contributed by atoms with van der Waals surface area (Å²) in [6.07, 6.45) is -10.2. The van der Waals surface area contributed by atoms with E-state index < -0.39 is 24.2 Å². The summed E-state index contributed by atoms with van der Waals surface area (Å²) >= 11 is 0. The molecule has 6 heteroatoms. The summed E-state index contributed by atoms with van der Waals surface area (Å²) < 4.78 is 70.7. The summed E-state index contributed by atoms with van der Waals surface area (Å²) in [7, 11) is 0. The second kappa shape index (κ2) is 2.53. The maximum Gasteiger partial charge on any atom is 0.400 e. The van der Waals surface area contributed by atoms with E-state index in [-0.39, 0.29) is 12.8 Å². The molecule has 0 aromatic carbocycles. The van der Waals surface area contributed by atoms with Crippen molar-refractivity contribution in [1.82, 2.24) is 0 Å². The van der Waals surface area contributed by atoms with Crippen molar-refractivity contribution in [1.29, 1.82) is 0 Å². The smallest absolute Gasteiger partial charge is 0.170 e. The number of halogens is 6. The molecule has 12 heavy (non-hydrogen) atoms. The van der Waals surface area contributed by atoms with Crippen molar-refractivity contribution in [2.24, 2.45) is 11.8 Å². The molecule has 72 valence electrons. The Hall–Kier alpha value is -0.420. The number of hydrogen-bond donors (Lipinski definition) is 0. The van der Waals surface area contributed by atoms with Crippen molar-refractivity contribution in [2.45, 2.75) is 25.2 Å². The van der Waals surface area contributed by atoms with E-state index in [0.29, 0.717) is 0 Å². The van der Waals surface area contributed by atoms with Gasteiger partial charge in [-0.2, -0.15) is 26.3 Å². The topological polar surface area (TPSA) is 0 Å². The van der Waals surface area contributed by atoms with Crippen LogP contribution in [0.15, 0.2) is 0 Å². The van der Waals surface area contributed by atoms with E-state index >= 15 is 0 Å². The third-order valence-corrected chi connectivity index (χ3v) is 1.80. The SMILES string of the molecule is FC(F)(F)C(C1CC1)C(F)(F)F. The van der Waals surface area contributed by atoms with Gasteiger partial charge in [-0.1, -0.05) is 0 Å². The molecule has 1 aliphatic rings. The molecule has 0 aliphatic heterocycles. The van der Waals surface area contributed by atoms with Gasteiger partial charge in [-0.15, -0.1) is 0 Å². The van der Waals surface area contributed by atoms with Crippen molar-refractivity contribution >= 4 is 0 Å². The molecular formula is C6H6F6. The second-order valence-corrected chi connectivity index (χ2v) is 2.90. The first-order valence-electron chi connectivity index (χ1n) is 3.36. The van der Waals surface area contributed by atoms with E-state index in [0.717, 1.165) is 0 Å². The molecule has 0 spiro atoms. The van der Waals surface area contributed by atoms with Crippen LogP contribution >= 0.6 is 0 Å². The third kappa shape index (κ3) is 2.04. The van der Waals surface area contributed by atoms with Gasteiger partial charge >= 0.3 is 12.4 Å². The van der Waals surface area contributed by atoms with E-state index in [1.54, 1.807) is 0 Å². The minimum absolute atomic E-state index is 0.0314. The lowest BCUT2D eigenvalue weighted by Gasteiger charge is -2.22. The van der Waals surface area contributed by atoms with Gasteiger partial charge < -0.3 is 0 Å². The Kier molecular flexibility index (Phi) is 2.04. The molecule has 0 N–H and O–H groups in total. The molecule has 0 saturated heterocycles. The highest BCUT2D eigenvalue weighted by Crippen LogP contribution is 2.52. The highest BCUT2D eigenvalue weighted by Gasteiger charge is 2.62. The van der Waals surface area contributed by atoms with Crippen molar-refractivity contribution in [3.8, 4) is 0 Å². The maximum atomic E-state index is 11.8. The Morgan fingerprint density at radius 1 is 0.833 bits per heavy atom. The zero-order valence-electron chi connectivity index (χ0n) is 5.84. The van der Waals surface area contributed by atoms with Crippen LogP contribution in [0.5, 0.6) is 0 Å². The summed E-state index contributed by atoms with van der Waals surface area (Å²) in [6.45, 7) is 0. The van der Waals surface area contributed by atoms with E-state index in [2.05, 4.69) is 0 Å². The second-order valence-electron chi connectivity index (χ2n) is 2.90. The highest BCUT2D eigenvalue weighted by molar-refractivity contribution is 4.89. The molecule has 0 atom stereocenters. The van der Waals surface area contributed by atoms with Crippen LogP contribution in [0.3, 0.4) is 0 Å². The van der Waals surface area contributed by atoms with Crippen LogP contribution in [0.25, 0.3) is 0 Å². The summed E-state index contributed by atoms with van der Waals surface area (Å²) in [4.78, 5) is 0. The number of alkyl halides is 6. The lowest BCUT2D eigenvalue weighted by Crippen LogP contribution is -2.37. The van der Waals surface area contributed by atoms with Crippen LogP contribution < -0.4 is 0 Å². The van der Waals surface area contributed by atoms with Gasteiger partial charge in [0.25, 0.3) is 0 Å². The quantitative estimate of drug-likeness (QED) is 0.560. The lowest BCUT2D eigenvalue weighted by atomic mass is 10.0. The minimum Gasteiger partial charge on any atom is -0.170 e. The minimum atomic E-state index is -5.14. The van der Waals surface area contributed by atoms with Gasteiger partial charge in [0.2, 0.25) is 0 Å². The van der Waals surface area contributed by atoms with E-state index in [9.17, 15) is 26.3 Å². The van der Waals surface area contributed by atoms with Gasteiger partial charge in [0.15, 0.2) is 5.92 Å². The first kappa shape index (κ1) is 9.67. The molecular weight excluding hydrogens is 186 g/mol. The molecule has 0 nitrogen and oxygen atoms in total. The number of rotatable bonds is 1. The standard InChI is InChI=1S/C6H6F6/c7-5(8,9)4(3-1-2-3)6(10,11)12/h3-4H,1-2H2. The molecule has 0 aromatic heterocycles. The van der Waals surface area contributed by atoms with Crippen LogP contribution in [0.1, 0.15) is 12.8 Å². The largest absolute Gasteiger partial charge is 0.400 e. The Morgan fingerprint density at radius 2 is 1.17 bits per heavy atom. The average Bonchev–Trinajstić information content (AvgIpc) is 2.38. The molecule has 0 aromatic rings. The maximum absolute atomic E-state index is 11.8. The molecule has 0 heterocycles. The lowest BCUT2D eigenvalue weighted by molar-refractivity contribution is -0.290. The van der Waals surface area contributed by atoms with Crippen molar-refractivity contribution in [3.05, 3.63) is 0 Å². The molecule has 0 radical (unpaired) electrons. The normalized spacial score (nSPS) is 20.2. The molecule has 1 saturated carbocycles. The van der Waals surface area contributed by atoms with Crippen LogP contribution in [0.2, 0.25) is 0 Å². The number of hydrogen-bond acceptors (Lipinski definition) is 0. The summed E-state index contributed by atoms with van der Waals surface area (Å²) in [5.41, 5.74) is 0. The van der Waals surface area contributed by atoms with E-state index in [1.807, 2.05) is 0 Å². The van der Waals surface area contributed by atoms with Crippen LogP contribution in [-0.2, 0) is 0 Å². The molecule has 0 bridgehead atoms. The van der Waals surface area contributed by atoms with Crippen molar-refractivity contribution in [3.63, 3.8) is 0 Å². The molecule has 1 fully saturated rings. The zero-order chi connectivity index (χ0) is 9.57. The Bertz CT molecular complexity index is 148. The van der Waals surface area contributed by atoms with Crippen molar-refractivity contribution in [2.75, 3.05) is 0 Å². The van der Waals surface area contributed by atoms with Crippen LogP contribution in [-0.4, -0.2) is 12.4 Å². The summed E-state index contributed by atoms with van der Waals surface area (Å²) in [5.74, 6) is -4.34. The van der Waals surface area contributed by atoms with Crippen LogP contribution in [0, 0.1) is 11.8 Å². The van der Waals surface area contributed by atoms with Gasteiger partial charge in [-0.3, -0.25) is 0 Å². The van der Waals surface area contributed by atoms with Crippen molar-refractivity contribution < 1.29 is 26.3 Å². The molecule has 1 rings (SSSR count). The highest BCUT2D eigenvalue weighted by atomic mass is 19.4. The molecule has 0 unspecified atom stereocenters. The van der Waals surface area contributed by atoms with Gasteiger partial charge in [-0.25, -0.2) is 0 Å². The van der Waals surface area contributed by atoms with Gasteiger partial charge in [-0.05, 0) is 18.8 Å². The fourth-order valence-electron chi connectivity index (χ4n) is 1.15. The fourth-order valence-corrected chi connectivity index (χ4v) is 1.15. The van der Waals surface area contributed by atoms with Gasteiger partial charge in [0.1, 0.15) is 0 Å². The monoisotopic (exact) mass is 192 g/mol. The zero-order valence-corrected chi connectivity index (χ0v) is 5.84. The predicted molar refractivity (Wildman–Crippen MR) is 28.3 cm³/mol. The Labute approximate surface area is 64.6 Å². The molecule has 0 amide bonds. The van der Waals surface area contributed by atoms with Crippen LogP contribution in [0.4, 0.5) is 26.3 Å². The summed E-state index contributed by atoms with van der Waals surface area (Å²) in [5, 5.41) is 0. The fraction of sp³-hybridized carbons (Fsp3) is 1.00. The first-order chi connectivity index (χ1) is 5.23. The van der Waals surface area contributed by atoms with E-state index in [4.69, 9.17) is 0 Å². The Morgan fingerprint density at radius 3 is 1.25 bits per heavy atom. The predicted octanol–water partition coefficient (Wildman–Crippen LogP) is 3.14. The summed E-state index contributed by atoms with van der Waals surface area (Å²) in [6, 6.07) is 0.